The second kappa shape index (κ2) is 6.01. The monoisotopic (exact) mass is 366 g/mol. The highest BCUT2D eigenvalue weighted by Crippen LogP contribution is 2.54. The average molecular weight is 366 g/mol. The minimum Gasteiger partial charge on any atom is -0.481 e. The smallest absolute Gasteiger partial charge is 0.406 e. The molecule has 1 aromatic rings. The van der Waals surface area contributed by atoms with E-state index in [1.54, 1.807) is 6.07 Å². The third-order valence-electron chi connectivity index (χ3n) is 4.28. The van der Waals surface area contributed by atoms with Gasteiger partial charge in [-0.05, 0) is 5.56 Å². The number of carboxylic acid groups (broad SMARTS) is 1. The van der Waals surface area contributed by atoms with Crippen molar-refractivity contribution in [2.75, 3.05) is 27.2 Å². The van der Waals surface area contributed by atoms with Crippen LogP contribution in [0.3, 0.4) is 0 Å². The molecule has 24 heavy (non-hydrogen) atoms. The Kier molecular flexibility index (Phi) is 4.68. The summed E-state index contributed by atoms with van der Waals surface area (Å²) in [5.74, 6) is -3.62. The van der Waals surface area contributed by atoms with Crippen LogP contribution in [0.15, 0.2) is 30.3 Å². The molecule has 0 amide bonds. The van der Waals surface area contributed by atoms with Crippen molar-refractivity contribution < 1.29 is 31.5 Å². The van der Waals surface area contributed by atoms with Crippen LogP contribution in [-0.4, -0.2) is 61.5 Å². The van der Waals surface area contributed by atoms with Gasteiger partial charge in [0.2, 0.25) is 0 Å². The third-order valence-corrected chi connectivity index (χ3v) is 6.14. The minimum atomic E-state index is -5.12. The highest BCUT2D eigenvalue weighted by Gasteiger charge is 2.70. The van der Waals surface area contributed by atoms with Crippen LogP contribution in [-0.2, 0) is 15.0 Å². The lowest BCUT2D eigenvalue weighted by Gasteiger charge is -2.32. The molecule has 0 bridgehead atoms. The fraction of sp³-hybridized carbons (Fsp3) is 0.500. The molecule has 1 heterocycles. The third kappa shape index (κ3) is 2.78. The summed E-state index contributed by atoms with van der Waals surface area (Å²) in [4.78, 5) is 11.6. The molecule has 134 valence electrons. The zero-order valence-corrected chi connectivity index (χ0v) is 13.8. The summed E-state index contributed by atoms with van der Waals surface area (Å²) in [5, 5.41) is 9.40. The van der Waals surface area contributed by atoms with Crippen molar-refractivity contribution in [1.82, 2.24) is 8.61 Å². The lowest BCUT2D eigenvalue weighted by molar-refractivity contribution is -0.230. The lowest BCUT2D eigenvalue weighted by Crippen LogP contribution is -2.51. The average Bonchev–Trinajstić information content (AvgIpc) is 2.90. The maximum atomic E-state index is 13.7. The molecule has 6 nitrogen and oxygen atoms in total. The van der Waals surface area contributed by atoms with Gasteiger partial charge < -0.3 is 5.11 Å². The zero-order valence-electron chi connectivity index (χ0n) is 13.0. The lowest BCUT2D eigenvalue weighted by atomic mass is 9.74. The van der Waals surface area contributed by atoms with Crippen molar-refractivity contribution in [3.63, 3.8) is 0 Å². The molecule has 0 radical (unpaired) electrons. The van der Waals surface area contributed by atoms with Crippen molar-refractivity contribution in [3.05, 3.63) is 35.9 Å². The number of hydrogen-bond donors (Lipinski definition) is 1. The van der Waals surface area contributed by atoms with E-state index < -0.39 is 46.8 Å². The zero-order chi connectivity index (χ0) is 18.3. The maximum absolute atomic E-state index is 13.7. The van der Waals surface area contributed by atoms with Gasteiger partial charge in [-0.3, -0.25) is 4.79 Å². The van der Waals surface area contributed by atoms with Crippen LogP contribution in [0.4, 0.5) is 13.2 Å². The summed E-state index contributed by atoms with van der Waals surface area (Å²) in [6.07, 6.45) is -5.12. The van der Waals surface area contributed by atoms with Gasteiger partial charge in [0.25, 0.3) is 10.2 Å². The number of carbonyl (C=O) groups is 1. The standard InChI is InChI=1S/C14H17F3N2O4S/c1-18(2)24(22,23)19-8-11(10-6-4-3-5-7-10)13(9-19,12(20)21)14(15,16)17/h3-7,11H,8-9H2,1-2H3,(H,20,21)/t11-,13-/m0/s1. The van der Waals surface area contributed by atoms with E-state index in [1.165, 1.54) is 38.4 Å². The Morgan fingerprint density at radius 1 is 1.29 bits per heavy atom. The molecule has 1 aliphatic rings. The molecule has 10 heteroatoms. The number of carboxylic acids is 1. The Balaban J connectivity index is 2.63. The van der Waals surface area contributed by atoms with Crippen molar-refractivity contribution >= 4 is 16.2 Å². The Hall–Kier alpha value is -1.65. The van der Waals surface area contributed by atoms with Gasteiger partial charge in [0.15, 0.2) is 5.41 Å². The highest BCUT2D eigenvalue weighted by atomic mass is 32.2. The fourth-order valence-electron chi connectivity index (χ4n) is 2.92. The molecule has 1 fully saturated rings. The Bertz CT molecular complexity index is 721. The molecule has 0 unspecified atom stereocenters. The quantitative estimate of drug-likeness (QED) is 0.877. The van der Waals surface area contributed by atoms with Gasteiger partial charge in [-0.1, -0.05) is 30.3 Å². The molecule has 2 rings (SSSR count). The van der Waals surface area contributed by atoms with E-state index in [2.05, 4.69) is 0 Å². The predicted molar refractivity (Wildman–Crippen MR) is 79.5 cm³/mol. The summed E-state index contributed by atoms with van der Waals surface area (Å²) in [5.41, 5.74) is -3.06. The Morgan fingerprint density at radius 2 is 1.83 bits per heavy atom. The summed E-state index contributed by atoms with van der Waals surface area (Å²) in [7, 11) is -1.82. The number of rotatable bonds is 4. The molecule has 1 saturated heterocycles. The number of nitrogens with zero attached hydrogens (tertiary/aromatic N) is 2. The number of benzene rings is 1. The van der Waals surface area contributed by atoms with Crippen molar-refractivity contribution in [3.8, 4) is 0 Å². The summed E-state index contributed by atoms with van der Waals surface area (Å²) < 4.78 is 67.1. The van der Waals surface area contributed by atoms with E-state index in [0.717, 1.165) is 4.31 Å². The van der Waals surface area contributed by atoms with Crippen LogP contribution in [0.25, 0.3) is 0 Å². The van der Waals surface area contributed by atoms with E-state index in [0.29, 0.717) is 4.31 Å². The van der Waals surface area contributed by atoms with Gasteiger partial charge in [-0.25, -0.2) is 0 Å². The second-order valence-electron chi connectivity index (χ2n) is 5.82. The first-order valence-electron chi connectivity index (χ1n) is 6.97. The normalized spacial score (nSPS) is 26.0. The second-order valence-corrected chi connectivity index (χ2v) is 7.96. The Morgan fingerprint density at radius 3 is 2.25 bits per heavy atom. The first-order chi connectivity index (χ1) is 10.9. The van der Waals surface area contributed by atoms with E-state index in [4.69, 9.17) is 0 Å². The van der Waals surface area contributed by atoms with Gasteiger partial charge in [-0.2, -0.15) is 30.2 Å². The van der Waals surface area contributed by atoms with Gasteiger partial charge in [0.05, 0.1) is 0 Å². The topological polar surface area (TPSA) is 77.9 Å². The van der Waals surface area contributed by atoms with E-state index in [9.17, 15) is 31.5 Å². The predicted octanol–water partition coefficient (Wildman–Crippen LogP) is 1.53. The molecule has 1 N–H and O–H groups in total. The molecular formula is C14H17F3N2O4S. The van der Waals surface area contributed by atoms with Gasteiger partial charge in [-0.15, -0.1) is 0 Å². The molecule has 2 atom stereocenters. The van der Waals surface area contributed by atoms with E-state index in [1.807, 2.05) is 0 Å². The van der Waals surface area contributed by atoms with Crippen molar-refractivity contribution in [2.24, 2.45) is 5.41 Å². The molecule has 0 aromatic heterocycles. The summed E-state index contributed by atoms with van der Waals surface area (Å²) >= 11 is 0. The summed E-state index contributed by atoms with van der Waals surface area (Å²) in [6.45, 7) is -1.72. The van der Waals surface area contributed by atoms with Crippen LogP contribution in [0.1, 0.15) is 11.5 Å². The van der Waals surface area contributed by atoms with Crippen LogP contribution in [0, 0.1) is 5.41 Å². The molecule has 1 aliphatic heterocycles. The highest BCUT2D eigenvalue weighted by molar-refractivity contribution is 7.86. The number of halogens is 3. The van der Waals surface area contributed by atoms with Crippen molar-refractivity contribution in [2.45, 2.75) is 12.1 Å². The molecule has 0 aliphatic carbocycles. The number of hydrogen-bond acceptors (Lipinski definition) is 3. The SMILES string of the molecule is CN(C)S(=O)(=O)N1C[C@@H](c2ccccc2)[C@@](C(=O)O)(C(F)(F)F)C1. The van der Waals surface area contributed by atoms with Gasteiger partial charge in [0, 0.05) is 33.1 Å². The Labute approximate surface area is 137 Å². The molecular weight excluding hydrogens is 349 g/mol. The van der Waals surface area contributed by atoms with Crippen LogP contribution < -0.4 is 0 Å². The van der Waals surface area contributed by atoms with Gasteiger partial charge in [0.1, 0.15) is 0 Å². The maximum Gasteiger partial charge on any atom is 0.406 e. The molecule has 0 spiro atoms. The van der Waals surface area contributed by atoms with Gasteiger partial charge >= 0.3 is 12.1 Å². The molecule has 0 saturated carbocycles. The first-order valence-corrected chi connectivity index (χ1v) is 8.37. The number of aliphatic carboxylic acids is 1. The largest absolute Gasteiger partial charge is 0.481 e. The minimum absolute atomic E-state index is 0.133. The first kappa shape index (κ1) is 18.7. The fourth-order valence-corrected chi connectivity index (χ4v) is 4.09. The van der Waals surface area contributed by atoms with E-state index in [-0.39, 0.29) is 5.56 Å². The number of alkyl halides is 3. The van der Waals surface area contributed by atoms with Crippen LogP contribution >= 0.6 is 0 Å². The van der Waals surface area contributed by atoms with Crippen LogP contribution in [0.2, 0.25) is 0 Å². The summed E-state index contributed by atoms with van der Waals surface area (Å²) in [6, 6.07) is 7.31. The molecule has 1 aromatic carbocycles. The van der Waals surface area contributed by atoms with Crippen molar-refractivity contribution in [1.29, 1.82) is 0 Å². The van der Waals surface area contributed by atoms with Crippen LogP contribution in [0.5, 0.6) is 0 Å². The van der Waals surface area contributed by atoms with E-state index >= 15 is 0 Å².